The van der Waals surface area contributed by atoms with Crippen LogP contribution in [0.5, 0.6) is 0 Å². The first-order chi connectivity index (χ1) is 34.8. The molecule has 0 saturated carbocycles. The molecule has 0 bridgehead atoms. The summed E-state index contributed by atoms with van der Waals surface area (Å²) in [5.74, 6) is 0. The molecule has 4 heteroatoms. The molecular formula is C70H75BN2O. The van der Waals surface area contributed by atoms with E-state index in [0.29, 0.717) is 0 Å². The summed E-state index contributed by atoms with van der Waals surface area (Å²) in [4.78, 5) is 5.59. The molecule has 74 heavy (non-hydrogen) atoms. The van der Waals surface area contributed by atoms with E-state index in [1.165, 1.54) is 130 Å². The molecule has 3 nitrogen and oxygen atoms in total. The van der Waals surface area contributed by atoms with Gasteiger partial charge in [-0.2, -0.15) is 0 Å². The zero-order valence-corrected chi connectivity index (χ0v) is 47.0. The van der Waals surface area contributed by atoms with Gasteiger partial charge in [0.1, 0.15) is 5.58 Å². The third kappa shape index (κ3) is 6.03. The van der Waals surface area contributed by atoms with Gasteiger partial charge in [-0.3, -0.25) is 0 Å². The minimum absolute atomic E-state index is 0.0115. The van der Waals surface area contributed by atoms with Crippen molar-refractivity contribution in [3.05, 3.63) is 159 Å². The van der Waals surface area contributed by atoms with Crippen molar-refractivity contribution in [1.29, 1.82) is 0 Å². The number of benzene rings is 7. The lowest BCUT2D eigenvalue weighted by Gasteiger charge is -2.50. The molecule has 0 N–H and O–H groups in total. The van der Waals surface area contributed by atoms with Gasteiger partial charge in [0, 0.05) is 44.5 Å². The lowest BCUT2D eigenvalue weighted by Crippen LogP contribution is -2.62. The Balaban J connectivity index is 1.20. The fraction of sp³-hybridized carbons (Fsp3) is 0.400. The molecule has 14 rings (SSSR count). The fourth-order valence-corrected chi connectivity index (χ4v) is 15.8. The van der Waals surface area contributed by atoms with Crippen LogP contribution >= 0.6 is 0 Å². The molecule has 0 amide bonds. The second-order valence-electron chi connectivity index (χ2n) is 28.5. The van der Waals surface area contributed by atoms with Crippen LogP contribution in [0.4, 0.5) is 28.4 Å². The van der Waals surface area contributed by atoms with Crippen molar-refractivity contribution < 1.29 is 4.42 Å². The van der Waals surface area contributed by atoms with Gasteiger partial charge in [0.05, 0.1) is 5.69 Å². The van der Waals surface area contributed by atoms with E-state index in [2.05, 4.69) is 223 Å². The first-order valence-corrected chi connectivity index (χ1v) is 28.2. The van der Waals surface area contributed by atoms with Crippen LogP contribution in [-0.4, -0.2) is 6.85 Å². The molecule has 0 radical (unpaired) electrons. The van der Waals surface area contributed by atoms with E-state index in [0.717, 1.165) is 42.2 Å². The second-order valence-corrected chi connectivity index (χ2v) is 28.5. The molecule has 8 aromatic rings. The fourth-order valence-electron chi connectivity index (χ4n) is 15.8. The third-order valence-corrected chi connectivity index (χ3v) is 20.7. The highest BCUT2D eigenvalue weighted by Crippen LogP contribution is 2.61. The number of para-hydroxylation sites is 1. The number of hydrogen-bond acceptors (Lipinski definition) is 3. The highest BCUT2D eigenvalue weighted by molar-refractivity contribution is 6.94. The maximum absolute atomic E-state index is 7.42. The summed E-state index contributed by atoms with van der Waals surface area (Å²) in [6.07, 6.45) is 7.00. The van der Waals surface area contributed by atoms with Crippen LogP contribution in [0.1, 0.15) is 186 Å². The molecule has 0 spiro atoms. The van der Waals surface area contributed by atoms with E-state index in [-0.39, 0.29) is 44.8 Å². The van der Waals surface area contributed by atoms with Crippen molar-refractivity contribution in [2.24, 2.45) is 0 Å². The van der Waals surface area contributed by atoms with Gasteiger partial charge in [0.2, 0.25) is 0 Å². The molecule has 6 aliphatic rings. The molecule has 7 aromatic carbocycles. The largest absolute Gasteiger partial charge is 0.454 e. The third-order valence-electron chi connectivity index (χ3n) is 20.7. The molecule has 0 fully saturated rings. The quantitative estimate of drug-likeness (QED) is 0.161. The topological polar surface area (TPSA) is 19.6 Å². The lowest BCUT2D eigenvalue weighted by atomic mass is 9.42. The average Bonchev–Trinajstić information content (AvgIpc) is 3.91. The Morgan fingerprint density at radius 2 is 0.986 bits per heavy atom. The summed E-state index contributed by atoms with van der Waals surface area (Å²) in [6.45, 7) is 37.0. The van der Waals surface area contributed by atoms with E-state index >= 15 is 0 Å². The summed E-state index contributed by atoms with van der Waals surface area (Å²) in [5.41, 5.74) is 29.4. The number of rotatable bonds is 2. The number of hydrogen-bond donors (Lipinski definition) is 0. The second kappa shape index (κ2) is 14.5. The van der Waals surface area contributed by atoms with Crippen molar-refractivity contribution in [3.8, 4) is 22.3 Å². The predicted octanol–water partition coefficient (Wildman–Crippen LogP) is 18.0. The minimum Gasteiger partial charge on any atom is -0.454 e. The Hall–Kier alpha value is -6.00. The van der Waals surface area contributed by atoms with Gasteiger partial charge >= 0.3 is 6.85 Å². The monoisotopic (exact) mass is 971 g/mol. The molecular weight excluding hydrogens is 896 g/mol. The normalized spacial score (nSPS) is 21.0. The first kappa shape index (κ1) is 46.5. The van der Waals surface area contributed by atoms with Crippen LogP contribution < -0.4 is 20.6 Å². The zero-order valence-electron chi connectivity index (χ0n) is 47.0. The highest BCUT2D eigenvalue weighted by atomic mass is 16.3. The Bertz CT molecular complexity index is 3810. The van der Waals surface area contributed by atoms with Crippen LogP contribution in [0, 0.1) is 6.92 Å². The maximum atomic E-state index is 7.42. The van der Waals surface area contributed by atoms with Crippen LogP contribution in [0.15, 0.2) is 114 Å². The number of aryl methyl sites for hydroxylation is 1. The van der Waals surface area contributed by atoms with Gasteiger partial charge in [-0.25, -0.2) is 0 Å². The van der Waals surface area contributed by atoms with Crippen LogP contribution in [0.25, 0.3) is 44.2 Å². The van der Waals surface area contributed by atoms with Gasteiger partial charge in [-0.15, -0.1) is 0 Å². The Kier molecular flexibility index (Phi) is 9.10. The summed E-state index contributed by atoms with van der Waals surface area (Å²) < 4.78 is 7.42. The highest BCUT2D eigenvalue weighted by Gasteiger charge is 2.53. The van der Waals surface area contributed by atoms with Crippen molar-refractivity contribution in [3.63, 3.8) is 0 Å². The van der Waals surface area contributed by atoms with Gasteiger partial charge in [-0.1, -0.05) is 164 Å². The first-order valence-electron chi connectivity index (χ1n) is 28.2. The molecule has 374 valence electrons. The number of anilines is 5. The van der Waals surface area contributed by atoms with Crippen molar-refractivity contribution in [2.45, 2.75) is 180 Å². The molecule has 1 aromatic heterocycles. The van der Waals surface area contributed by atoms with E-state index in [9.17, 15) is 0 Å². The van der Waals surface area contributed by atoms with Gasteiger partial charge in [0.15, 0.2) is 5.58 Å². The summed E-state index contributed by atoms with van der Waals surface area (Å²) in [5, 5.41) is 2.33. The molecule has 0 unspecified atom stereocenters. The van der Waals surface area contributed by atoms with Crippen molar-refractivity contribution in [2.75, 3.05) is 9.71 Å². The van der Waals surface area contributed by atoms with Gasteiger partial charge in [0.25, 0.3) is 0 Å². The Labute approximate surface area is 441 Å². The maximum Gasteiger partial charge on any atom is 0.333 e. The van der Waals surface area contributed by atoms with Gasteiger partial charge < -0.3 is 14.1 Å². The van der Waals surface area contributed by atoms with E-state index in [4.69, 9.17) is 4.42 Å². The minimum atomic E-state index is -0.309. The van der Waals surface area contributed by atoms with E-state index in [1.54, 1.807) is 0 Å². The molecule has 0 saturated heterocycles. The van der Waals surface area contributed by atoms with Crippen LogP contribution in [-0.2, 0) is 37.9 Å². The number of fused-ring (bicyclic) bond motifs is 15. The standard InChI is InChI=1S/C70H75BN2O/c1-40-34-50-53(68(10,11)32-30-65(50,4)5)38-56(40)72-61-55(27-25-44-43-21-17-19-23-58(43)74-63(44)61)71-60-47(36-46-42-20-16-18-22-48(42)70(14,15)59(46)62(60)72)45-37-52-54(69(12,13)33-31-67(52,8)9)39-57(45)73(71)41-24-26-49-51(35-41)66(6,7)29-28-64(49,2)3/h16-27,34-39H,28-33H2,1-15H3. The van der Waals surface area contributed by atoms with Crippen LogP contribution in [0.2, 0.25) is 0 Å². The smallest absolute Gasteiger partial charge is 0.333 e. The van der Waals surface area contributed by atoms with Crippen molar-refractivity contribution >= 4 is 68.1 Å². The van der Waals surface area contributed by atoms with Crippen molar-refractivity contribution in [1.82, 2.24) is 0 Å². The molecule has 4 aliphatic carbocycles. The summed E-state index contributed by atoms with van der Waals surface area (Å²) in [6, 6.07) is 43.8. The van der Waals surface area contributed by atoms with E-state index < -0.39 is 0 Å². The average molecular weight is 971 g/mol. The van der Waals surface area contributed by atoms with E-state index in [1.807, 2.05) is 0 Å². The Morgan fingerprint density at radius 3 is 1.65 bits per heavy atom. The predicted molar refractivity (Wildman–Crippen MR) is 316 cm³/mol. The zero-order chi connectivity index (χ0) is 51.8. The molecule has 3 heterocycles. The Morgan fingerprint density at radius 1 is 0.432 bits per heavy atom. The summed E-state index contributed by atoms with van der Waals surface area (Å²) in [7, 11) is 0. The molecule has 2 aliphatic heterocycles. The summed E-state index contributed by atoms with van der Waals surface area (Å²) >= 11 is 0. The van der Waals surface area contributed by atoms with Crippen LogP contribution in [0.3, 0.4) is 0 Å². The SMILES string of the molecule is Cc1cc2c(cc1N1c3c4c(cc5c3C(C)(C)c3ccccc3-5)-c3cc5c(cc3N(c3ccc6c(c3)C(C)(C)CCC6(C)C)B4c3ccc4c(oc6ccccc64)c31)C(C)(C)CCC5(C)C)C(C)(C)CCC2(C)C. The number of furan rings is 1. The number of nitrogens with zero attached hydrogens (tertiary/aromatic N) is 2. The van der Waals surface area contributed by atoms with Gasteiger partial charge in [-0.05, 0) is 198 Å². The molecule has 0 atom stereocenters. The lowest BCUT2D eigenvalue weighted by molar-refractivity contribution is 0.332.